The zero-order valence-corrected chi connectivity index (χ0v) is 13.7. The Labute approximate surface area is 133 Å². The van der Waals surface area contributed by atoms with Crippen LogP contribution < -0.4 is 5.32 Å². The SMILES string of the molecule is CC(C)CN1CCC(C(=O)NCCC(O)c2ccccc2)C1. The maximum Gasteiger partial charge on any atom is 0.224 e. The Morgan fingerprint density at radius 3 is 2.77 bits per heavy atom. The third-order valence-electron chi connectivity index (χ3n) is 4.17. The Balaban J connectivity index is 1.68. The first-order valence-electron chi connectivity index (χ1n) is 8.29. The molecule has 1 aromatic rings. The van der Waals surface area contributed by atoms with Gasteiger partial charge in [-0.25, -0.2) is 0 Å². The summed E-state index contributed by atoms with van der Waals surface area (Å²) in [6, 6.07) is 9.58. The predicted molar refractivity (Wildman–Crippen MR) is 88.4 cm³/mol. The molecule has 2 N–H and O–H groups in total. The molecule has 1 aliphatic heterocycles. The number of likely N-dealkylation sites (tertiary alicyclic amines) is 1. The Hall–Kier alpha value is -1.39. The maximum atomic E-state index is 12.2. The Morgan fingerprint density at radius 1 is 1.36 bits per heavy atom. The van der Waals surface area contributed by atoms with Crippen molar-refractivity contribution in [1.29, 1.82) is 0 Å². The van der Waals surface area contributed by atoms with Gasteiger partial charge >= 0.3 is 0 Å². The fourth-order valence-corrected chi connectivity index (χ4v) is 3.05. The summed E-state index contributed by atoms with van der Waals surface area (Å²) in [7, 11) is 0. The van der Waals surface area contributed by atoms with Gasteiger partial charge in [-0.2, -0.15) is 0 Å². The number of carbonyl (C=O) groups excluding carboxylic acids is 1. The first-order chi connectivity index (χ1) is 10.6. The van der Waals surface area contributed by atoms with Gasteiger partial charge in [0.15, 0.2) is 0 Å². The summed E-state index contributed by atoms with van der Waals surface area (Å²) in [6.45, 7) is 7.89. The number of amides is 1. The Morgan fingerprint density at radius 2 is 2.09 bits per heavy atom. The van der Waals surface area contributed by atoms with Crippen LogP contribution in [0.1, 0.15) is 38.4 Å². The summed E-state index contributed by atoms with van der Waals surface area (Å²) < 4.78 is 0. The number of rotatable bonds is 7. The second-order valence-electron chi connectivity index (χ2n) is 6.65. The predicted octanol–water partition coefficient (Wildman–Crippen LogP) is 2.20. The lowest BCUT2D eigenvalue weighted by Gasteiger charge is -2.18. The van der Waals surface area contributed by atoms with E-state index < -0.39 is 6.10 Å². The number of hydrogen-bond donors (Lipinski definition) is 2. The van der Waals surface area contributed by atoms with Gasteiger partial charge in [0.25, 0.3) is 0 Å². The van der Waals surface area contributed by atoms with Crippen molar-refractivity contribution in [2.24, 2.45) is 11.8 Å². The zero-order valence-electron chi connectivity index (χ0n) is 13.7. The van der Waals surface area contributed by atoms with Gasteiger partial charge < -0.3 is 15.3 Å². The number of benzene rings is 1. The van der Waals surface area contributed by atoms with E-state index in [4.69, 9.17) is 0 Å². The molecular weight excluding hydrogens is 276 g/mol. The normalized spacial score (nSPS) is 20.3. The Bertz CT molecular complexity index is 461. The summed E-state index contributed by atoms with van der Waals surface area (Å²) in [5.74, 6) is 0.877. The molecule has 2 atom stereocenters. The van der Waals surface area contributed by atoms with E-state index in [0.717, 1.165) is 31.6 Å². The Kier molecular flexibility index (Phi) is 6.40. The van der Waals surface area contributed by atoms with Crippen molar-refractivity contribution in [2.45, 2.75) is 32.8 Å². The average Bonchev–Trinajstić information content (AvgIpc) is 2.95. The van der Waals surface area contributed by atoms with E-state index in [2.05, 4.69) is 24.1 Å². The molecule has 0 radical (unpaired) electrons. The van der Waals surface area contributed by atoms with Gasteiger partial charge in [-0.05, 0) is 30.9 Å². The molecule has 1 heterocycles. The molecule has 1 fully saturated rings. The highest BCUT2D eigenvalue weighted by Gasteiger charge is 2.28. The molecule has 0 aromatic heterocycles. The van der Waals surface area contributed by atoms with Crippen LogP contribution in [-0.4, -0.2) is 42.1 Å². The quantitative estimate of drug-likeness (QED) is 0.812. The molecule has 2 rings (SSSR count). The van der Waals surface area contributed by atoms with Gasteiger partial charge in [0.05, 0.1) is 12.0 Å². The number of aliphatic hydroxyl groups excluding tert-OH is 1. The largest absolute Gasteiger partial charge is 0.388 e. The lowest BCUT2D eigenvalue weighted by Crippen LogP contribution is -2.34. The number of nitrogens with zero attached hydrogens (tertiary/aromatic N) is 1. The minimum Gasteiger partial charge on any atom is -0.388 e. The molecular formula is C18H28N2O2. The highest BCUT2D eigenvalue weighted by atomic mass is 16.3. The molecule has 4 nitrogen and oxygen atoms in total. The van der Waals surface area contributed by atoms with Gasteiger partial charge in [-0.15, -0.1) is 0 Å². The van der Waals surface area contributed by atoms with Crippen LogP contribution in [0.25, 0.3) is 0 Å². The van der Waals surface area contributed by atoms with Crippen molar-refractivity contribution in [2.75, 3.05) is 26.2 Å². The summed E-state index contributed by atoms with van der Waals surface area (Å²) in [5.41, 5.74) is 0.903. The second kappa shape index (κ2) is 8.30. The van der Waals surface area contributed by atoms with E-state index in [1.54, 1.807) is 0 Å². The summed E-state index contributed by atoms with van der Waals surface area (Å²) in [5, 5.41) is 13.1. The standard InChI is InChI=1S/C18H28N2O2/c1-14(2)12-20-11-9-16(13-20)18(22)19-10-8-17(21)15-6-4-3-5-7-15/h3-7,14,16-17,21H,8-13H2,1-2H3,(H,19,22). The molecule has 0 spiro atoms. The van der Waals surface area contributed by atoms with Crippen LogP contribution in [0.5, 0.6) is 0 Å². The van der Waals surface area contributed by atoms with Crippen LogP contribution in [0.2, 0.25) is 0 Å². The summed E-state index contributed by atoms with van der Waals surface area (Å²) in [4.78, 5) is 14.5. The third-order valence-corrected chi connectivity index (χ3v) is 4.17. The van der Waals surface area contributed by atoms with Gasteiger partial charge in [0, 0.05) is 19.6 Å². The smallest absolute Gasteiger partial charge is 0.224 e. The maximum absolute atomic E-state index is 12.2. The molecule has 4 heteroatoms. The first kappa shape index (κ1) is 17.0. The van der Waals surface area contributed by atoms with Crippen molar-refractivity contribution in [1.82, 2.24) is 10.2 Å². The molecule has 22 heavy (non-hydrogen) atoms. The topological polar surface area (TPSA) is 52.6 Å². The lowest BCUT2D eigenvalue weighted by molar-refractivity contribution is -0.124. The van der Waals surface area contributed by atoms with Crippen molar-refractivity contribution >= 4 is 5.91 Å². The fourth-order valence-electron chi connectivity index (χ4n) is 3.05. The highest BCUT2D eigenvalue weighted by molar-refractivity contribution is 5.79. The summed E-state index contributed by atoms with van der Waals surface area (Å²) in [6.07, 6.45) is 0.986. The molecule has 1 amide bonds. The first-order valence-corrected chi connectivity index (χ1v) is 8.29. The van der Waals surface area contributed by atoms with Crippen LogP contribution in [-0.2, 0) is 4.79 Å². The fraction of sp³-hybridized carbons (Fsp3) is 0.611. The monoisotopic (exact) mass is 304 g/mol. The molecule has 1 aromatic carbocycles. The van der Waals surface area contributed by atoms with Crippen LogP contribution in [0.15, 0.2) is 30.3 Å². The number of carbonyl (C=O) groups is 1. The molecule has 1 aliphatic rings. The van der Waals surface area contributed by atoms with Crippen molar-refractivity contribution in [3.63, 3.8) is 0 Å². The molecule has 2 unspecified atom stereocenters. The zero-order chi connectivity index (χ0) is 15.9. The van der Waals surface area contributed by atoms with Crippen molar-refractivity contribution < 1.29 is 9.90 Å². The summed E-state index contributed by atoms with van der Waals surface area (Å²) >= 11 is 0. The number of aliphatic hydroxyl groups is 1. The van der Waals surface area contributed by atoms with E-state index in [1.807, 2.05) is 30.3 Å². The van der Waals surface area contributed by atoms with Gasteiger partial charge in [-0.3, -0.25) is 4.79 Å². The van der Waals surface area contributed by atoms with E-state index in [9.17, 15) is 9.90 Å². The van der Waals surface area contributed by atoms with Crippen LogP contribution in [0.4, 0.5) is 0 Å². The van der Waals surface area contributed by atoms with Gasteiger partial charge in [-0.1, -0.05) is 44.2 Å². The lowest BCUT2D eigenvalue weighted by atomic mass is 10.1. The van der Waals surface area contributed by atoms with E-state index in [0.29, 0.717) is 18.9 Å². The van der Waals surface area contributed by atoms with Crippen molar-refractivity contribution in [3.05, 3.63) is 35.9 Å². The molecule has 0 aliphatic carbocycles. The van der Waals surface area contributed by atoms with E-state index in [-0.39, 0.29) is 11.8 Å². The average molecular weight is 304 g/mol. The highest BCUT2D eigenvalue weighted by Crippen LogP contribution is 2.18. The van der Waals surface area contributed by atoms with Gasteiger partial charge in [0.1, 0.15) is 0 Å². The van der Waals surface area contributed by atoms with Crippen LogP contribution in [0.3, 0.4) is 0 Å². The second-order valence-corrected chi connectivity index (χ2v) is 6.65. The number of hydrogen-bond acceptors (Lipinski definition) is 3. The van der Waals surface area contributed by atoms with Crippen molar-refractivity contribution in [3.8, 4) is 0 Å². The van der Waals surface area contributed by atoms with Gasteiger partial charge in [0.2, 0.25) is 5.91 Å². The third kappa shape index (κ3) is 5.11. The van der Waals surface area contributed by atoms with E-state index >= 15 is 0 Å². The molecule has 122 valence electrons. The van der Waals surface area contributed by atoms with Crippen LogP contribution in [0, 0.1) is 11.8 Å². The molecule has 1 saturated heterocycles. The minimum absolute atomic E-state index is 0.104. The molecule has 0 saturated carbocycles. The van der Waals surface area contributed by atoms with Crippen LogP contribution >= 0.6 is 0 Å². The number of nitrogens with one attached hydrogen (secondary N) is 1. The minimum atomic E-state index is -0.512. The molecule has 0 bridgehead atoms. The van der Waals surface area contributed by atoms with E-state index in [1.165, 1.54) is 0 Å².